The van der Waals surface area contributed by atoms with Crippen LogP contribution in [0.5, 0.6) is 0 Å². The van der Waals surface area contributed by atoms with Crippen molar-refractivity contribution in [3.05, 3.63) is 12.2 Å². The number of carbonyl (C=O) groups excluding carboxylic acids is 2. The van der Waals surface area contributed by atoms with Crippen molar-refractivity contribution in [2.75, 3.05) is 0 Å². The normalized spacial score (nSPS) is 29.7. The second-order valence-electron chi connectivity index (χ2n) is 3.95. The smallest absolute Gasteiger partial charge is 0.303 e. The average molecular weight is 212 g/mol. The van der Waals surface area contributed by atoms with Gasteiger partial charge in [-0.3, -0.25) is 9.59 Å². The molecule has 0 amide bonds. The van der Waals surface area contributed by atoms with Crippen LogP contribution in [-0.2, 0) is 19.1 Å². The molecule has 4 heteroatoms. The van der Waals surface area contributed by atoms with Gasteiger partial charge in [-0.25, -0.2) is 0 Å². The highest BCUT2D eigenvalue weighted by Gasteiger charge is 2.30. The molecular formula is C11H16O4. The fourth-order valence-corrected chi connectivity index (χ4v) is 1.64. The lowest BCUT2D eigenvalue weighted by atomic mass is 9.91. The van der Waals surface area contributed by atoms with Gasteiger partial charge in [0.05, 0.1) is 0 Å². The molecule has 0 saturated heterocycles. The molecule has 0 aromatic carbocycles. The lowest BCUT2D eigenvalue weighted by Gasteiger charge is -2.31. The van der Waals surface area contributed by atoms with E-state index in [4.69, 9.17) is 9.47 Å². The Bertz CT molecular complexity index is 295. The minimum absolute atomic E-state index is 0.189. The van der Waals surface area contributed by atoms with E-state index in [9.17, 15) is 9.59 Å². The molecule has 1 rings (SSSR count). The monoisotopic (exact) mass is 212 g/mol. The first-order valence-corrected chi connectivity index (χ1v) is 4.97. The summed E-state index contributed by atoms with van der Waals surface area (Å²) >= 11 is 0. The Hall–Kier alpha value is -1.32. The molecule has 0 heterocycles. The second kappa shape index (κ2) is 4.47. The SMILES string of the molecule is CC(=O)O[C@H]1C=C[C@](C)(OC(C)=O)CC1. The summed E-state index contributed by atoms with van der Waals surface area (Å²) in [5.74, 6) is -0.589. The predicted molar refractivity (Wildman–Crippen MR) is 54.1 cm³/mol. The van der Waals surface area contributed by atoms with Gasteiger partial charge in [0.1, 0.15) is 11.7 Å². The zero-order valence-electron chi connectivity index (χ0n) is 9.28. The van der Waals surface area contributed by atoms with Gasteiger partial charge in [0.2, 0.25) is 0 Å². The van der Waals surface area contributed by atoms with Crippen molar-refractivity contribution >= 4 is 11.9 Å². The van der Waals surface area contributed by atoms with Crippen LogP contribution in [0.25, 0.3) is 0 Å². The third-order valence-corrected chi connectivity index (χ3v) is 2.28. The van der Waals surface area contributed by atoms with E-state index in [1.165, 1.54) is 13.8 Å². The molecular weight excluding hydrogens is 196 g/mol. The van der Waals surface area contributed by atoms with Crippen molar-refractivity contribution < 1.29 is 19.1 Å². The molecule has 0 saturated carbocycles. The quantitative estimate of drug-likeness (QED) is 0.515. The molecule has 84 valence electrons. The van der Waals surface area contributed by atoms with Crippen LogP contribution < -0.4 is 0 Å². The average Bonchev–Trinajstić information content (AvgIpc) is 2.07. The Kier molecular flexibility index (Phi) is 3.50. The zero-order valence-corrected chi connectivity index (χ0v) is 9.28. The highest BCUT2D eigenvalue weighted by Crippen LogP contribution is 2.27. The van der Waals surface area contributed by atoms with Crippen molar-refractivity contribution in [3.8, 4) is 0 Å². The highest BCUT2D eigenvalue weighted by atomic mass is 16.6. The van der Waals surface area contributed by atoms with E-state index in [-0.39, 0.29) is 18.0 Å². The Morgan fingerprint density at radius 1 is 1.33 bits per heavy atom. The van der Waals surface area contributed by atoms with Gasteiger partial charge in [-0.15, -0.1) is 0 Å². The van der Waals surface area contributed by atoms with Crippen LogP contribution in [0, 0.1) is 0 Å². The standard InChI is InChI=1S/C11H16O4/c1-8(12)14-10-4-6-11(3,7-5-10)15-9(2)13/h4,6,10H,5,7H2,1-3H3/t10-,11-/m0/s1. The second-order valence-corrected chi connectivity index (χ2v) is 3.95. The first-order chi connectivity index (χ1) is 6.91. The van der Waals surface area contributed by atoms with Crippen LogP contribution in [0.2, 0.25) is 0 Å². The molecule has 4 nitrogen and oxygen atoms in total. The van der Waals surface area contributed by atoms with E-state index >= 15 is 0 Å². The van der Waals surface area contributed by atoms with Crippen LogP contribution in [0.4, 0.5) is 0 Å². The topological polar surface area (TPSA) is 52.6 Å². The molecule has 0 aromatic rings. The number of carbonyl (C=O) groups is 2. The Morgan fingerprint density at radius 2 is 2.00 bits per heavy atom. The Labute approximate surface area is 89.2 Å². The van der Waals surface area contributed by atoms with E-state index in [1.807, 2.05) is 6.92 Å². The lowest BCUT2D eigenvalue weighted by Crippen LogP contribution is -2.34. The summed E-state index contributed by atoms with van der Waals surface area (Å²) in [6.07, 6.45) is 4.71. The van der Waals surface area contributed by atoms with E-state index in [1.54, 1.807) is 12.2 Å². The van der Waals surface area contributed by atoms with Gasteiger partial charge in [-0.2, -0.15) is 0 Å². The molecule has 1 aliphatic carbocycles. The van der Waals surface area contributed by atoms with E-state index in [0.717, 1.165) is 0 Å². The summed E-state index contributed by atoms with van der Waals surface area (Å²) in [5, 5.41) is 0. The van der Waals surface area contributed by atoms with Crippen molar-refractivity contribution in [1.82, 2.24) is 0 Å². The van der Waals surface area contributed by atoms with Crippen LogP contribution in [0.3, 0.4) is 0 Å². The molecule has 0 radical (unpaired) electrons. The maximum Gasteiger partial charge on any atom is 0.303 e. The first kappa shape index (κ1) is 11.8. The van der Waals surface area contributed by atoms with Crippen LogP contribution in [0.15, 0.2) is 12.2 Å². The van der Waals surface area contributed by atoms with Gasteiger partial charge in [0.25, 0.3) is 0 Å². The van der Waals surface area contributed by atoms with Gasteiger partial charge in [-0.1, -0.05) is 0 Å². The first-order valence-electron chi connectivity index (χ1n) is 4.97. The summed E-state index contributed by atoms with van der Waals surface area (Å²) < 4.78 is 10.2. The minimum atomic E-state index is -0.553. The number of rotatable bonds is 2. The van der Waals surface area contributed by atoms with Gasteiger partial charge in [-0.05, 0) is 31.9 Å². The molecule has 2 atom stereocenters. The lowest BCUT2D eigenvalue weighted by molar-refractivity contribution is -0.154. The fourth-order valence-electron chi connectivity index (χ4n) is 1.64. The number of ether oxygens (including phenoxy) is 2. The summed E-state index contributed by atoms with van der Waals surface area (Å²) in [7, 11) is 0. The van der Waals surface area contributed by atoms with Crippen molar-refractivity contribution in [1.29, 1.82) is 0 Å². The molecule has 0 bridgehead atoms. The van der Waals surface area contributed by atoms with Gasteiger partial charge >= 0.3 is 11.9 Å². The fraction of sp³-hybridized carbons (Fsp3) is 0.636. The van der Waals surface area contributed by atoms with Crippen molar-refractivity contribution in [2.24, 2.45) is 0 Å². The van der Waals surface area contributed by atoms with Gasteiger partial charge in [0.15, 0.2) is 0 Å². The summed E-state index contributed by atoms with van der Waals surface area (Å²) in [4.78, 5) is 21.5. The van der Waals surface area contributed by atoms with Gasteiger partial charge in [0, 0.05) is 13.8 Å². The summed E-state index contributed by atoms with van der Waals surface area (Å²) in [5.41, 5.74) is -0.553. The molecule has 0 spiro atoms. The van der Waals surface area contributed by atoms with E-state index in [0.29, 0.717) is 12.8 Å². The Morgan fingerprint density at radius 3 is 2.40 bits per heavy atom. The van der Waals surface area contributed by atoms with Crippen molar-refractivity contribution in [2.45, 2.75) is 45.3 Å². The number of esters is 2. The maximum atomic E-state index is 10.8. The van der Waals surface area contributed by atoms with E-state index < -0.39 is 5.60 Å². The maximum absolute atomic E-state index is 10.8. The highest BCUT2D eigenvalue weighted by molar-refractivity contribution is 5.67. The zero-order chi connectivity index (χ0) is 11.5. The Balaban J connectivity index is 2.56. The largest absolute Gasteiger partial charge is 0.458 e. The molecule has 0 N–H and O–H groups in total. The molecule has 0 aromatic heterocycles. The number of hydrogen-bond acceptors (Lipinski definition) is 4. The molecule has 0 aliphatic heterocycles. The predicted octanol–water partition coefficient (Wildman–Crippen LogP) is 1.59. The third kappa shape index (κ3) is 3.73. The minimum Gasteiger partial charge on any atom is -0.458 e. The summed E-state index contributed by atoms with van der Waals surface area (Å²) in [6.45, 7) is 4.61. The van der Waals surface area contributed by atoms with Crippen LogP contribution >= 0.6 is 0 Å². The van der Waals surface area contributed by atoms with Crippen LogP contribution in [0.1, 0.15) is 33.6 Å². The van der Waals surface area contributed by atoms with Crippen molar-refractivity contribution in [3.63, 3.8) is 0 Å². The summed E-state index contributed by atoms with van der Waals surface area (Å²) in [6, 6.07) is 0. The van der Waals surface area contributed by atoms with Gasteiger partial charge < -0.3 is 9.47 Å². The molecule has 1 aliphatic rings. The molecule has 0 unspecified atom stereocenters. The molecule has 0 fully saturated rings. The number of hydrogen-bond donors (Lipinski definition) is 0. The molecule has 15 heavy (non-hydrogen) atoms. The van der Waals surface area contributed by atoms with Crippen LogP contribution in [-0.4, -0.2) is 23.6 Å². The third-order valence-electron chi connectivity index (χ3n) is 2.28. The van der Waals surface area contributed by atoms with E-state index in [2.05, 4.69) is 0 Å².